The minimum atomic E-state index is -0.193. The molecule has 0 spiro atoms. The van der Waals surface area contributed by atoms with Gasteiger partial charge in [-0.25, -0.2) is 0 Å². The Hall–Kier alpha value is -0.410. The first-order valence-electron chi connectivity index (χ1n) is 4.47. The van der Waals surface area contributed by atoms with Crippen molar-refractivity contribution in [1.29, 1.82) is 0 Å². The Morgan fingerprint density at radius 2 is 2.25 bits per heavy atom. The average molecular weight is 171 g/mol. The number of morpholine rings is 1. The Kier molecular flexibility index (Phi) is 3.23. The summed E-state index contributed by atoms with van der Waals surface area (Å²) in [6.45, 7) is 8.26. The van der Waals surface area contributed by atoms with Gasteiger partial charge in [-0.15, -0.1) is 0 Å². The largest absolute Gasteiger partial charge is 0.368 e. The highest BCUT2D eigenvalue weighted by Crippen LogP contribution is 2.08. The van der Waals surface area contributed by atoms with Crippen molar-refractivity contribution in [2.24, 2.45) is 0 Å². The summed E-state index contributed by atoms with van der Waals surface area (Å²) < 4.78 is 5.33. The molecular formula is C9H17NO2. The summed E-state index contributed by atoms with van der Waals surface area (Å²) in [5.41, 5.74) is 0. The van der Waals surface area contributed by atoms with Crippen LogP contribution < -0.4 is 0 Å². The summed E-state index contributed by atoms with van der Waals surface area (Å²) >= 11 is 0. The van der Waals surface area contributed by atoms with Crippen molar-refractivity contribution in [3.8, 4) is 0 Å². The van der Waals surface area contributed by atoms with Crippen LogP contribution in [0.2, 0.25) is 0 Å². The normalized spacial score (nSPS) is 26.2. The van der Waals surface area contributed by atoms with Crippen molar-refractivity contribution in [2.75, 3.05) is 19.7 Å². The summed E-state index contributed by atoms with van der Waals surface area (Å²) in [7, 11) is 0. The van der Waals surface area contributed by atoms with E-state index in [2.05, 4.69) is 18.7 Å². The van der Waals surface area contributed by atoms with Gasteiger partial charge in [0.2, 0.25) is 0 Å². The number of rotatable bonds is 2. The molecule has 70 valence electrons. The molecule has 0 aliphatic carbocycles. The zero-order valence-electron chi connectivity index (χ0n) is 8.04. The molecule has 0 N–H and O–H groups in total. The predicted octanol–water partition coefficient (Wildman–Crippen LogP) is 0.685. The van der Waals surface area contributed by atoms with Crippen LogP contribution in [-0.2, 0) is 9.53 Å². The van der Waals surface area contributed by atoms with E-state index in [0.29, 0.717) is 12.6 Å². The first kappa shape index (κ1) is 9.68. The lowest BCUT2D eigenvalue weighted by atomic mass is 10.2. The molecule has 1 atom stereocenters. The molecule has 1 aliphatic heterocycles. The standard InChI is InChI=1S/C9H17NO2/c1-7(2)10-4-5-12-9(6-10)8(3)11/h7,9H,4-6H2,1-3H3. The molecule has 0 radical (unpaired) electrons. The van der Waals surface area contributed by atoms with Crippen LogP contribution in [0.5, 0.6) is 0 Å². The maximum Gasteiger partial charge on any atom is 0.159 e. The number of ether oxygens (including phenoxy) is 1. The van der Waals surface area contributed by atoms with E-state index in [1.54, 1.807) is 6.92 Å². The molecule has 0 bridgehead atoms. The van der Waals surface area contributed by atoms with E-state index in [4.69, 9.17) is 4.74 Å². The van der Waals surface area contributed by atoms with E-state index < -0.39 is 0 Å². The van der Waals surface area contributed by atoms with Crippen molar-refractivity contribution in [3.63, 3.8) is 0 Å². The van der Waals surface area contributed by atoms with Gasteiger partial charge < -0.3 is 4.74 Å². The molecule has 1 fully saturated rings. The number of ketones is 1. The van der Waals surface area contributed by atoms with Gasteiger partial charge in [0.1, 0.15) is 6.10 Å². The Morgan fingerprint density at radius 1 is 1.58 bits per heavy atom. The topological polar surface area (TPSA) is 29.5 Å². The van der Waals surface area contributed by atoms with Crippen LogP contribution in [0.15, 0.2) is 0 Å². The molecule has 12 heavy (non-hydrogen) atoms. The molecule has 3 nitrogen and oxygen atoms in total. The lowest BCUT2D eigenvalue weighted by Gasteiger charge is -2.34. The first-order valence-corrected chi connectivity index (χ1v) is 4.47. The van der Waals surface area contributed by atoms with Gasteiger partial charge >= 0.3 is 0 Å². The van der Waals surface area contributed by atoms with E-state index in [9.17, 15) is 4.79 Å². The maximum atomic E-state index is 11.0. The smallest absolute Gasteiger partial charge is 0.159 e. The highest BCUT2D eigenvalue weighted by atomic mass is 16.5. The van der Waals surface area contributed by atoms with Gasteiger partial charge in [-0.2, -0.15) is 0 Å². The van der Waals surface area contributed by atoms with Gasteiger partial charge in [0.25, 0.3) is 0 Å². The van der Waals surface area contributed by atoms with Gasteiger partial charge in [0, 0.05) is 19.1 Å². The van der Waals surface area contributed by atoms with E-state index >= 15 is 0 Å². The second kappa shape index (κ2) is 4.01. The van der Waals surface area contributed by atoms with Crippen LogP contribution in [0.25, 0.3) is 0 Å². The second-order valence-electron chi connectivity index (χ2n) is 3.56. The molecule has 1 saturated heterocycles. The zero-order chi connectivity index (χ0) is 9.14. The van der Waals surface area contributed by atoms with Gasteiger partial charge in [0.15, 0.2) is 5.78 Å². The van der Waals surface area contributed by atoms with Gasteiger partial charge in [-0.05, 0) is 20.8 Å². The average Bonchev–Trinajstić information content (AvgIpc) is 2.04. The molecule has 1 rings (SSSR count). The van der Waals surface area contributed by atoms with Crippen molar-refractivity contribution in [2.45, 2.75) is 32.9 Å². The summed E-state index contributed by atoms with van der Waals surface area (Å²) in [4.78, 5) is 13.3. The van der Waals surface area contributed by atoms with Crippen molar-refractivity contribution >= 4 is 5.78 Å². The SMILES string of the molecule is CC(=O)C1CN(C(C)C)CCO1. The number of Topliss-reactive ketones (excluding diaryl/α,β-unsaturated/α-hetero) is 1. The van der Waals surface area contributed by atoms with Crippen molar-refractivity contribution in [3.05, 3.63) is 0 Å². The fourth-order valence-corrected chi connectivity index (χ4v) is 1.38. The number of hydrogen-bond acceptors (Lipinski definition) is 3. The van der Waals surface area contributed by atoms with Crippen LogP contribution in [0.3, 0.4) is 0 Å². The Bertz CT molecular complexity index is 168. The van der Waals surface area contributed by atoms with E-state index in [1.807, 2.05) is 0 Å². The molecule has 1 heterocycles. The Balaban J connectivity index is 2.46. The first-order chi connectivity index (χ1) is 5.61. The summed E-state index contributed by atoms with van der Waals surface area (Å²) in [5.74, 6) is 0.139. The van der Waals surface area contributed by atoms with Crippen molar-refractivity contribution < 1.29 is 9.53 Å². The third-order valence-electron chi connectivity index (χ3n) is 2.28. The fraction of sp³-hybridized carbons (Fsp3) is 0.889. The second-order valence-corrected chi connectivity index (χ2v) is 3.56. The third-order valence-corrected chi connectivity index (χ3v) is 2.28. The number of carbonyl (C=O) groups is 1. The maximum absolute atomic E-state index is 11.0. The Morgan fingerprint density at radius 3 is 2.75 bits per heavy atom. The minimum Gasteiger partial charge on any atom is -0.368 e. The molecule has 0 aromatic rings. The van der Waals surface area contributed by atoms with Crippen LogP contribution >= 0.6 is 0 Å². The van der Waals surface area contributed by atoms with Crippen LogP contribution in [0.1, 0.15) is 20.8 Å². The molecule has 1 unspecified atom stereocenters. The molecule has 0 aromatic carbocycles. The quantitative estimate of drug-likeness (QED) is 0.612. The highest BCUT2D eigenvalue weighted by Gasteiger charge is 2.24. The molecule has 0 aromatic heterocycles. The van der Waals surface area contributed by atoms with Crippen molar-refractivity contribution in [1.82, 2.24) is 4.90 Å². The third kappa shape index (κ3) is 2.29. The van der Waals surface area contributed by atoms with Crippen LogP contribution in [-0.4, -0.2) is 42.5 Å². The summed E-state index contributed by atoms with van der Waals surface area (Å²) in [6, 6.07) is 0.510. The lowest BCUT2D eigenvalue weighted by Crippen LogP contribution is -2.48. The van der Waals surface area contributed by atoms with E-state index in [1.165, 1.54) is 0 Å². The fourth-order valence-electron chi connectivity index (χ4n) is 1.38. The predicted molar refractivity (Wildman–Crippen MR) is 47.1 cm³/mol. The summed E-state index contributed by atoms with van der Waals surface area (Å²) in [6.07, 6.45) is -0.193. The highest BCUT2D eigenvalue weighted by molar-refractivity contribution is 5.80. The van der Waals surface area contributed by atoms with Crippen LogP contribution in [0, 0.1) is 0 Å². The molecule has 0 amide bonds. The Labute approximate surface area is 73.7 Å². The molecule has 1 aliphatic rings. The monoisotopic (exact) mass is 171 g/mol. The van der Waals surface area contributed by atoms with Crippen LogP contribution in [0.4, 0.5) is 0 Å². The molecular weight excluding hydrogens is 154 g/mol. The zero-order valence-corrected chi connectivity index (χ0v) is 8.04. The lowest BCUT2D eigenvalue weighted by molar-refractivity contribution is -0.134. The van der Waals surface area contributed by atoms with Gasteiger partial charge in [-0.3, -0.25) is 9.69 Å². The molecule has 3 heteroatoms. The number of carbonyl (C=O) groups excluding carboxylic acids is 1. The van der Waals surface area contributed by atoms with E-state index in [-0.39, 0.29) is 11.9 Å². The molecule has 0 saturated carbocycles. The number of hydrogen-bond donors (Lipinski definition) is 0. The minimum absolute atomic E-state index is 0.139. The van der Waals surface area contributed by atoms with E-state index in [0.717, 1.165) is 13.1 Å². The van der Waals surface area contributed by atoms with Gasteiger partial charge in [-0.1, -0.05) is 0 Å². The number of nitrogens with zero attached hydrogens (tertiary/aromatic N) is 1. The van der Waals surface area contributed by atoms with Gasteiger partial charge in [0.05, 0.1) is 6.61 Å². The summed E-state index contributed by atoms with van der Waals surface area (Å²) in [5, 5.41) is 0.